The molecule has 1 aliphatic heterocycles. The zero-order valence-corrected chi connectivity index (χ0v) is 12.2. The molecule has 1 aliphatic carbocycles. The Morgan fingerprint density at radius 3 is 2.43 bits per heavy atom. The largest absolute Gasteiger partial charge is 0.351 e. The maximum atomic E-state index is 12.6. The average molecular weight is 287 g/mol. The van der Waals surface area contributed by atoms with E-state index in [1.807, 2.05) is 17.0 Å². The Morgan fingerprint density at radius 2 is 1.81 bits per heavy atom. The lowest BCUT2D eigenvalue weighted by Crippen LogP contribution is -2.46. The minimum atomic E-state index is -0.773. The van der Waals surface area contributed by atoms with Crippen LogP contribution in [0.15, 0.2) is 24.5 Å². The molecule has 5 heteroatoms. The van der Waals surface area contributed by atoms with Gasteiger partial charge in [0.1, 0.15) is 5.41 Å². The van der Waals surface area contributed by atoms with Crippen LogP contribution < -0.4 is 5.32 Å². The summed E-state index contributed by atoms with van der Waals surface area (Å²) >= 11 is 0. The van der Waals surface area contributed by atoms with Crippen LogP contribution in [-0.4, -0.2) is 34.8 Å². The van der Waals surface area contributed by atoms with E-state index in [0.717, 1.165) is 31.5 Å². The van der Waals surface area contributed by atoms with Crippen molar-refractivity contribution in [3.05, 3.63) is 30.1 Å². The van der Waals surface area contributed by atoms with Gasteiger partial charge in [0.15, 0.2) is 0 Å². The van der Waals surface area contributed by atoms with Gasteiger partial charge < -0.3 is 10.2 Å². The number of carbonyl (C=O) groups excluding carboxylic acids is 2. The van der Waals surface area contributed by atoms with E-state index in [1.54, 1.807) is 12.4 Å². The fraction of sp³-hybridized carbons (Fsp3) is 0.562. The van der Waals surface area contributed by atoms with Crippen molar-refractivity contribution in [2.75, 3.05) is 13.1 Å². The van der Waals surface area contributed by atoms with Gasteiger partial charge in [0.2, 0.25) is 11.8 Å². The molecule has 5 nitrogen and oxygen atoms in total. The van der Waals surface area contributed by atoms with E-state index in [4.69, 9.17) is 0 Å². The molecule has 0 bridgehead atoms. The molecule has 1 saturated heterocycles. The van der Waals surface area contributed by atoms with E-state index in [0.29, 0.717) is 19.4 Å². The second-order valence-electron chi connectivity index (χ2n) is 5.97. The molecule has 1 saturated carbocycles. The van der Waals surface area contributed by atoms with Crippen LogP contribution in [0.4, 0.5) is 0 Å². The summed E-state index contributed by atoms with van der Waals surface area (Å²) in [6, 6.07) is 3.73. The Labute approximate surface area is 124 Å². The van der Waals surface area contributed by atoms with Crippen molar-refractivity contribution in [2.45, 2.75) is 38.6 Å². The summed E-state index contributed by atoms with van der Waals surface area (Å²) in [5.41, 5.74) is 0.226. The smallest absolute Gasteiger partial charge is 0.238 e. The first-order valence-electron chi connectivity index (χ1n) is 7.69. The van der Waals surface area contributed by atoms with Crippen LogP contribution in [0.25, 0.3) is 0 Å². The van der Waals surface area contributed by atoms with E-state index in [1.165, 1.54) is 6.42 Å². The average Bonchev–Trinajstić information content (AvgIpc) is 3.35. The third kappa shape index (κ3) is 2.91. The molecule has 1 aromatic rings. The lowest BCUT2D eigenvalue weighted by atomic mass is 10.0. The quantitative estimate of drug-likeness (QED) is 0.853. The molecule has 0 aromatic carbocycles. The summed E-state index contributed by atoms with van der Waals surface area (Å²) in [5, 5.41) is 2.91. The number of piperidine rings is 1. The van der Waals surface area contributed by atoms with Crippen LogP contribution in [0.5, 0.6) is 0 Å². The van der Waals surface area contributed by atoms with E-state index in [-0.39, 0.29) is 11.8 Å². The van der Waals surface area contributed by atoms with E-state index in [2.05, 4.69) is 10.3 Å². The molecule has 0 radical (unpaired) electrons. The summed E-state index contributed by atoms with van der Waals surface area (Å²) in [6.07, 6.45) is 8.07. The van der Waals surface area contributed by atoms with Crippen molar-refractivity contribution in [2.24, 2.45) is 5.41 Å². The monoisotopic (exact) mass is 287 g/mol. The summed E-state index contributed by atoms with van der Waals surface area (Å²) in [4.78, 5) is 30.8. The molecule has 21 heavy (non-hydrogen) atoms. The van der Waals surface area contributed by atoms with Gasteiger partial charge >= 0.3 is 0 Å². The molecular formula is C16H21N3O2. The summed E-state index contributed by atoms with van der Waals surface area (Å²) in [6.45, 7) is 2.06. The summed E-state index contributed by atoms with van der Waals surface area (Å²) < 4.78 is 0. The highest BCUT2D eigenvalue weighted by molar-refractivity contribution is 6.07. The fourth-order valence-electron chi connectivity index (χ4n) is 2.91. The Balaban J connectivity index is 1.59. The second kappa shape index (κ2) is 5.84. The van der Waals surface area contributed by atoms with Gasteiger partial charge in [0.25, 0.3) is 0 Å². The molecular weight excluding hydrogens is 266 g/mol. The molecule has 2 heterocycles. The lowest BCUT2D eigenvalue weighted by molar-refractivity contribution is -0.145. The molecule has 0 unspecified atom stereocenters. The zero-order chi connectivity index (χ0) is 14.7. The van der Waals surface area contributed by atoms with Crippen LogP contribution in [0.2, 0.25) is 0 Å². The van der Waals surface area contributed by atoms with Crippen LogP contribution in [0.1, 0.15) is 37.7 Å². The van der Waals surface area contributed by atoms with Crippen molar-refractivity contribution >= 4 is 11.8 Å². The highest BCUT2D eigenvalue weighted by Crippen LogP contribution is 2.47. The van der Waals surface area contributed by atoms with Crippen molar-refractivity contribution in [3.8, 4) is 0 Å². The van der Waals surface area contributed by atoms with Gasteiger partial charge in [-0.25, -0.2) is 0 Å². The predicted molar refractivity (Wildman–Crippen MR) is 78.2 cm³/mol. The Hall–Kier alpha value is -1.91. The fourth-order valence-corrected chi connectivity index (χ4v) is 2.91. The van der Waals surface area contributed by atoms with Gasteiger partial charge in [-0.05, 0) is 49.8 Å². The molecule has 2 amide bonds. The molecule has 112 valence electrons. The molecule has 0 atom stereocenters. The summed E-state index contributed by atoms with van der Waals surface area (Å²) in [7, 11) is 0. The van der Waals surface area contributed by atoms with Gasteiger partial charge in [0.05, 0.1) is 0 Å². The zero-order valence-electron chi connectivity index (χ0n) is 12.2. The lowest BCUT2D eigenvalue weighted by Gasteiger charge is -2.30. The molecule has 2 fully saturated rings. The molecule has 1 N–H and O–H groups in total. The Morgan fingerprint density at radius 1 is 1.14 bits per heavy atom. The van der Waals surface area contributed by atoms with Crippen molar-refractivity contribution in [1.29, 1.82) is 0 Å². The normalized spacial score (nSPS) is 19.9. The molecule has 1 aromatic heterocycles. The Bertz CT molecular complexity index is 520. The number of aromatic nitrogens is 1. The van der Waals surface area contributed by atoms with Crippen LogP contribution in [-0.2, 0) is 16.1 Å². The second-order valence-corrected chi connectivity index (χ2v) is 5.97. The highest BCUT2D eigenvalue weighted by Gasteiger charge is 2.57. The van der Waals surface area contributed by atoms with Crippen molar-refractivity contribution in [1.82, 2.24) is 15.2 Å². The number of likely N-dealkylation sites (tertiary alicyclic amines) is 1. The maximum Gasteiger partial charge on any atom is 0.238 e. The van der Waals surface area contributed by atoms with Crippen LogP contribution in [0, 0.1) is 5.41 Å². The first-order chi connectivity index (χ1) is 10.2. The van der Waals surface area contributed by atoms with E-state index >= 15 is 0 Å². The number of nitrogens with one attached hydrogen (secondary N) is 1. The van der Waals surface area contributed by atoms with Crippen LogP contribution >= 0.6 is 0 Å². The van der Waals surface area contributed by atoms with Gasteiger partial charge in [-0.15, -0.1) is 0 Å². The number of amides is 2. The third-order valence-electron chi connectivity index (χ3n) is 4.44. The van der Waals surface area contributed by atoms with Gasteiger partial charge in [0, 0.05) is 32.0 Å². The van der Waals surface area contributed by atoms with E-state index < -0.39 is 5.41 Å². The topological polar surface area (TPSA) is 62.3 Å². The summed E-state index contributed by atoms with van der Waals surface area (Å²) in [5.74, 6) is -0.0793. The predicted octanol–water partition coefficient (Wildman–Crippen LogP) is 1.49. The van der Waals surface area contributed by atoms with Gasteiger partial charge in [-0.3, -0.25) is 14.6 Å². The molecule has 2 aliphatic rings. The van der Waals surface area contributed by atoms with Crippen LogP contribution in [0.3, 0.4) is 0 Å². The number of hydrogen-bond acceptors (Lipinski definition) is 3. The highest BCUT2D eigenvalue weighted by atomic mass is 16.2. The standard InChI is InChI=1S/C16H21N3O2/c20-14(18-12-13-4-8-17-9-5-13)16(6-7-16)15(21)19-10-2-1-3-11-19/h4-5,8-9H,1-3,6-7,10-12H2,(H,18,20). The SMILES string of the molecule is O=C(NCc1ccncc1)C1(C(=O)N2CCCCC2)CC1. The number of nitrogens with zero attached hydrogens (tertiary/aromatic N) is 2. The number of rotatable bonds is 4. The Kier molecular flexibility index (Phi) is 3.90. The number of pyridine rings is 1. The van der Waals surface area contributed by atoms with Crippen molar-refractivity contribution in [3.63, 3.8) is 0 Å². The van der Waals surface area contributed by atoms with Crippen molar-refractivity contribution < 1.29 is 9.59 Å². The minimum Gasteiger partial charge on any atom is -0.351 e. The molecule has 0 spiro atoms. The minimum absolute atomic E-state index is 0.0365. The van der Waals surface area contributed by atoms with Gasteiger partial charge in [-0.1, -0.05) is 0 Å². The van der Waals surface area contributed by atoms with Gasteiger partial charge in [-0.2, -0.15) is 0 Å². The number of carbonyl (C=O) groups is 2. The molecule has 3 rings (SSSR count). The maximum absolute atomic E-state index is 12.6. The third-order valence-corrected chi connectivity index (χ3v) is 4.44. The van der Waals surface area contributed by atoms with E-state index in [9.17, 15) is 9.59 Å². The first kappa shape index (κ1) is 14.0. The number of hydrogen-bond donors (Lipinski definition) is 1. The first-order valence-corrected chi connectivity index (χ1v) is 7.69.